The molecule has 2 bridgehead atoms. The second kappa shape index (κ2) is 4.26. The van der Waals surface area contributed by atoms with Gasteiger partial charge in [-0.05, 0) is 18.3 Å². The van der Waals surface area contributed by atoms with Crippen LogP contribution in [-0.4, -0.2) is 51.2 Å². The molecule has 1 heterocycles. The molecule has 0 N–H and O–H groups in total. The highest BCUT2D eigenvalue weighted by Gasteiger charge is 2.77. The summed E-state index contributed by atoms with van der Waals surface area (Å²) in [6.45, 7) is 3.93. The topological polar surface area (TPSA) is 85.2 Å². The van der Waals surface area contributed by atoms with Gasteiger partial charge in [0.2, 0.25) is 15.8 Å². The van der Waals surface area contributed by atoms with Gasteiger partial charge in [-0.3, -0.25) is 9.63 Å². The van der Waals surface area contributed by atoms with Crippen molar-refractivity contribution in [3.05, 3.63) is 0 Å². The van der Waals surface area contributed by atoms with E-state index < -0.39 is 26.6 Å². The molecule has 0 aromatic heterocycles. The first-order valence-electron chi connectivity index (χ1n) is 6.96. The Balaban J connectivity index is 2.06. The average Bonchev–Trinajstić information content (AvgIpc) is 3.21. The fourth-order valence-electron chi connectivity index (χ4n) is 4.41. The second-order valence-corrected chi connectivity index (χ2v) is 8.48. The van der Waals surface area contributed by atoms with Crippen molar-refractivity contribution in [1.29, 1.82) is 0 Å². The van der Waals surface area contributed by atoms with Crippen molar-refractivity contribution in [3.8, 4) is 0 Å². The number of fused-ring (bicyclic) bond motifs is 2. The number of carbonyl (C=O) groups is 1. The van der Waals surface area contributed by atoms with Crippen LogP contribution in [-0.2, 0) is 29.1 Å². The van der Waals surface area contributed by atoms with E-state index in [1.165, 1.54) is 14.2 Å². The van der Waals surface area contributed by atoms with Crippen molar-refractivity contribution >= 4 is 15.8 Å². The third-order valence-electron chi connectivity index (χ3n) is 5.75. The number of hydrogen-bond acceptors (Lipinski definition) is 6. The Morgan fingerprint density at radius 2 is 1.90 bits per heavy atom. The minimum Gasteiger partial charge on any atom is -0.347 e. The van der Waals surface area contributed by atoms with Gasteiger partial charge in [0.1, 0.15) is 0 Å². The molecule has 2 aliphatic carbocycles. The Labute approximate surface area is 124 Å². The summed E-state index contributed by atoms with van der Waals surface area (Å²) in [5.74, 6) is -2.00. The molecule has 1 saturated heterocycles. The number of rotatable bonds is 5. The fourth-order valence-corrected chi connectivity index (χ4v) is 6.20. The minimum atomic E-state index is -3.61. The minimum absolute atomic E-state index is 0.0656. The maximum absolute atomic E-state index is 13.0. The number of methoxy groups -OCH3 is 2. The van der Waals surface area contributed by atoms with Crippen molar-refractivity contribution in [2.45, 2.75) is 32.5 Å². The maximum Gasteiger partial charge on any atom is 0.239 e. The number of carbonyl (C=O) groups excluding carboxylic acids is 1. The number of nitrogens with zero attached hydrogens (tertiary/aromatic N) is 1. The molecule has 0 aromatic rings. The summed E-state index contributed by atoms with van der Waals surface area (Å²) in [5.41, 5.74) is -1.51. The lowest BCUT2D eigenvalue weighted by molar-refractivity contribution is -0.229. The van der Waals surface area contributed by atoms with Crippen molar-refractivity contribution in [2.24, 2.45) is 16.7 Å². The lowest BCUT2D eigenvalue weighted by Crippen LogP contribution is -2.52. The van der Waals surface area contributed by atoms with Gasteiger partial charge in [0.05, 0.1) is 11.2 Å². The highest BCUT2D eigenvalue weighted by Crippen LogP contribution is 2.68. The van der Waals surface area contributed by atoms with Crippen LogP contribution < -0.4 is 0 Å². The molecule has 8 heteroatoms. The van der Waals surface area contributed by atoms with Crippen LogP contribution in [0.15, 0.2) is 0 Å². The molecule has 3 fully saturated rings. The van der Waals surface area contributed by atoms with Crippen LogP contribution >= 0.6 is 0 Å². The molecule has 0 amide bonds. The number of sulfonamides is 1. The Bertz CT molecular complexity index is 577. The molecule has 2 saturated carbocycles. The Kier molecular flexibility index (Phi) is 3.11. The van der Waals surface area contributed by atoms with E-state index in [9.17, 15) is 13.2 Å². The van der Waals surface area contributed by atoms with E-state index in [-0.39, 0.29) is 24.2 Å². The highest BCUT2D eigenvalue weighted by molar-refractivity contribution is 7.89. The standard InChI is InChI=1S/C13H21NO6S/c1-11(2)9-5-6-12(11,7-21(16,17)14-8-20-14)10(15)13(9,18-3)19-4/h9H,5-8H2,1-4H3. The first-order valence-corrected chi connectivity index (χ1v) is 8.57. The molecule has 1 aliphatic heterocycles. The molecule has 120 valence electrons. The number of hydrogen-bond donors (Lipinski definition) is 0. The van der Waals surface area contributed by atoms with E-state index in [0.29, 0.717) is 12.8 Å². The van der Waals surface area contributed by atoms with E-state index >= 15 is 0 Å². The first-order chi connectivity index (χ1) is 9.68. The van der Waals surface area contributed by atoms with Crippen molar-refractivity contribution in [3.63, 3.8) is 0 Å². The molecule has 0 radical (unpaired) electrons. The average molecular weight is 319 g/mol. The van der Waals surface area contributed by atoms with Crippen molar-refractivity contribution in [1.82, 2.24) is 4.47 Å². The normalized spacial score (nSPS) is 39.7. The SMILES string of the molecule is COC1(OC)C(=O)C2(CS(=O)(=O)N3CO3)CCC1C2(C)C. The lowest BCUT2D eigenvalue weighted by Gasteiger charge is -2.36. The van der Waals surface area contributed by atoms with Crippen LogP contribution in [0.4, 0.5) is 0 Å². The van der Waals surface area contributed by atoms with Crippen molar-refractivity contribution < 1.29 is 27.5 Å². The highest BCUT2D eigenvalue weighted by atomic mass is 32.2. The largest absolute Gasteiger partial charge is 0.347 e. The van der Waals surface area contributed by atoms with Crippen molar-refractivity contribution in [2.75, 3.05) is 26.7 Å². The van der Waals surface area contributed by atoms with Crippen LogP contribution in [0.5, 0.6) is 0 Å². The molecule has 21 heavy (non-hydrogen) atoms. The van der Waals surface area contributed by atoms with Gasteiger partial charge < -0.3 is 9.47 Å². The quantitative estimate of drug-likeness (QED) is 0.542. The smallest absolute Gasteiger partial charge is 0.239 e. The van der Waals surface area contributed by atoms with Gasteiger partial charge in [-0.2, -0.15) is 0 Å². The van der Waals surface area contributed by atoms with Crippen LogP contribution in [0.1, 0.15) is 26.7 Å². The molecule has 3 rings (SSSR count). The molecular formula is C13H21NO6S. The van der Waals surface area contributed by atoms with Gasteiger partial charge in [-0.25, -0.2) is 8.42 Å². The number of ether oxygens (including phenoxy) is 2. The van der Waals surface area contributed by atoms with Gasteiger partial charge in [0, 0.05) is 20.1 Å². The van der Waals surface area contributed by atoms with Gasteiger partial charge in [0.25, 0.3) is 0 Å². The monoisotopic (exact) mass is 319 g/mol. The predicted octanol–water partition coefficient (Wildman–Crippen LogP) is 0.515. The predicted molar refractivity (Wildman–Crippen MR) is 72.3 cm³/mol. The van der Waals surface area contributed by atoms with Gasteiger partial charge in [-0.1, -0.05) is 18.3 Å². The van der Waals surface area contributed by atoms with Gasteiger partial charge >= 0.3 is 0 Å². The van der Waals surface area contributed by atoms with Gasteiger partial charge in [-0.15, -0.1) is 0 Å². The molecule has 3 atom stereocenters. The van der Waals surface area contributed by atoms with E-state index in [1.54, 1.807) is 0 Å². The lowest BCUT2D eigenvalue weighted by atomic mass is 9.70. The van der Waals surface area contributed by atoms with Crippen LogP contribution in [0.25, 0.3) is 0 Å². The number of ketones is 1. The zero-order chi connectivity index (χ0) is 15.7. The van der Waals surface area contributed by atoms with Crippen LogP contribution in [0.2, 0.25) is 0 Å². The zero-order valence-corrected chi connectivity index (χ0v) is 13.5. The van der Waals surface area contributed by atoms with Crippen LogP contribution in [0.3, 0.4) is 0 Å². The summed E-state index contributed by atoms with van der Waals surface area (Å²) in [7, 11) is -0.729. The molecule has 0 spiro atoms. The summed E-state index contributed by atoms with van der Waals surface area (Å²) in [6, 6.07) is 0. The van der Waals surface area contributed by atoms with E-state index in [2.05, 4.69) is 0 Å². The van der Waals surface area contributed by atoms with E-state index in [1.807, 2.05) is 13.8 Å². The molecule has 7 nitrogen and oxygen atoms in total. The third kappa shape index (κ3) is 1.68. The third-order valence-corrected chi connectivity index (χ3v) is 7.44. The first kappa shape index (κ1) is 15.4. The summed E-state index contributed by atoms with van der Waals surface area (Å²) in [6.07, 6.45) is 1.24. The Hall–Kier alpha value is -0.540. The molecule has 0 aromatic carbocycles. The summed E-state index contributed by atoms with van der Waals surface area (Å²) < 4.78 is 36.4. The number of hydroxylamine groups is 1. The fraction of sp³-hybridized carbons (Fsp3) is 0.923. The summed E-state index contributed by atoms with van der Waals surface area (Å²) >= 11 is 0. The van der Waals surface area contributed by atoms with E-state index in [4.69, 9.17) is 14.3 Å². The zero-order valence-electron chi connectivity index (χ0n) is 12.7. The molecule has 3 aliphatic rings. The molecular weight excluding hydrogens is 298 g/mol. The number of Topliss-reactive ketones (excluding diaryl/α,β-unsaturated/α-hetero) is 1. The molecule has 3 unspecified atom stereocenters. The van der Waals surface area contributed by atoms with Crippen LogP contribution in [0, 0.1) is 16.7 Å². The van der Waals surface area contributed by atoms with Gasteiger partial charge in [0.15, 0.2) is 12.5 Å². The summed E-state index contributed by atoms with van der Waals surface area (Å²) in [5, 5.41) is 0. The summed E-state index contributed by atoms with van der Waals surface area (Å²) in [4.78, 5) is 17.8. The second-order valence-electron chi connectivity index (χ2n) is 6.62. The van der Waals surface area contributed by atoms with E-state index in [0.717, 1.165) is 4.47 Å². The Morgan fingerprint density at radius 1 is 1.33 bits per heavy atom. The maximum atomic E-state index is 13.0. The Morgan fingerprint density at radius 3 is 2.33 bits per heavy atom.